The van der Waals surface area contributed by atoms with Crippen molar-refractivity contribution in [3.63, 3.8) is 0 Å². The van der Waals surface area contributed by atoms with E-state index < -0.39 is 0 Å². The van der Waals surface area contributed by atoms with Crippen LogP contribution in [0.5, 0.6) is 0 Å². The average molecular weight is 279 g/mol. The Morgan fingerprint density at radius 3 is 2.80 bits per heavy atom. The van der Waals surface area contributed by atoms with Crippen molar-refractivity contribution < 1.29 is 9.90 Å². The molecule has 112 valence electrons. The lowest BCUT2D eigenvalue weighted by atomic mass is 10.1. The van der Waals surface area contributed by atoms with E-state index >= 15 is 0 Å². The largest absolute Gasteiger partial charge is 0.398 e. The molecule has 0 bridgehead atoms. The summed E-state index contributed by atoms with van der Waals surface area (Å²) < 4.78 is 0. The highest BCUT2D eigenvalue weighted by atomic mass is 16.2. The molecule has 0 spiro atoms. The molecular formula is C15H25N3O2. The van der Waals surface area contributed by atoms with Gasteiger partial charge in [0.15, 0.2) is 0 Å². The Labute approximate surface area is 120 Å². The zero-order chi connectivity index (χ0) is 15.0. The Bertz CT molecular complexity index is 435. The van der Waals surface area contributed by atoms with Crippen molar-refractivity contribution in [2.75, 3.05) is 37.8 Å². The number of aliphatic hydroxyl groups excluding tert-OH is 1. The van der Waals surface area contributed by atoms with Gasteiger partial charge in [-0.2, -0.15) is 0 Å². The summed E-state index contributed by atoms with van der Waals surface area (Å²) in [6, 6.07) is 5.50. The topological polar surface area (TPSA) is 78.6 Å². The van der Waals surface area contributed by atoms with Gasteiger partial charge < -0.3 is 16.2 Å². The number of unbranched alkanes of at least 4 members (excludes halogenated alkanes) is 2. The van der Waals surface area contributed by atoms with Gasteiger partial charge in [-0.05, 0) is 57.5 Å². The molecule has 1 aromatic rings. The Morgan fingerprint density at radius 1 is 1.35 bits per heavy atom. The number of anilines is 2. The molecule has 0 atom stereocenters. The minimum atomic E-state index is -0.0386. The zero-order valence-electron chi connectivity index (χ0n) is 12.4. The van der Waals surface area contributed by atoms with E-state index in [-0.39, 0.29) is 12.5 Å². The van der Waals surface area contributed by atoms with E-state index in [0.29, 0.717) is 12.2 Å². The van der Waals surface area contributed by atoms with Crippen LogP contribution in [0.3, 0.4) is 0 Å². The molecule has 4 N–H and O–H groups in total. The number of aliphatic hydroxyl groups is 1. The lowest BCUT2D eigenvalue weighted by Crippen LogP contribution is -2.31. The minimum Gasteiger partial charge on any atom is -0.398 e. The molecule has 0 heterocycles. The molecule has 1 amide bonds. The van der Waals surface area contributed by atoms with Crippen LogP contribution in [-0.4, -0.2) is 42.7 Å². The SMILES string of the molecule is Cc1c(N)cccc1NC(=O)CN(C)CCCCCO. The van der Waals surface area contributed by atoms with Gasteiger partial charge in [0.2, 0.25) is 5.91 Å². The molecule has 0 saturated carbocycles. The first-order chi connectivity index (χ1) is 9.54. The van der Waals surface area contributed by atoms with Crippen LogP contribution in [0.4, 0.5) is 11.4 Å². The predicted octanol–water partition coefficient (Wildman–Crippen LogP) is 1.61. The van der Waals surface area contributed by atoms with Gasteiger partial charge in [0.05, 0.1) is 6.54 Å². The summed E-state index contributed by atoms with van der Waals surface area (Å²) in [4.78, 5) is 13.9. The smallest absolute Gasteiger partial charge is 0.238 e. The van der Waals surface area contributed by atoms with Gasteiger partial charge in [0.1, 0.15) is 0 Å². The maximum Gasteiger partial charge on any atom is 0.238 e. The quantitative estimate of drug-likeness (QED) is 0.499. The highest BCUT2D eigenvalue weighted by Gasteiger charge is 2.09. The molecule has 1 aromatic carbocycles. The Balaban J connectivity index is 2.37. The third-order valence-electron chi connectivity index (χ3n) is 3.26. The maximum atomic E-state index is 11.9. The van der Waals surface area contributed by atoms with Gasteiger partial charge in [-0.3, -0.25) is 9.69 Å². The number of benzene rings is 1. The minimum absolute atomic E-state index is 0.0386. The van der Waals surface area contributed by atoms with Crippen LogP contribution < -0.4 is 11.1 Å². The first-order valence-electron chi connectivity index (χ1n) is 6.99. The number of nitrogens with two attached hydrogens (primary N) is 1. The normalized spacial score (nSPS) is 10.8. The standard InChI is InChI=1S/C15H25N3O2/c1-12-13(16)7-6-8-14(12)17-15(20)11-18(2)9-4-3-5-10-19/h6-8,19H,3-5,9-11,16H2,1-2H3,(H,17,20). The fourth-order valence-electron chi connectivity index (χ4n) is 1.97. The van der Waals surface area contributed by atoms with E-state index in [9.17, 15) is 4.79 Å². The van der Waals surface area contributed by atoms with Crippen molar-refractivity contribution in [3.8, 4) is 0 Å². The van der Waals surface area contributed by atoms with E-state index in [1.54, 1.807) is 0 Å². The summed E-state index contributed by atoms with van der Waals surface area (Å²) in [6.45, 7) is 3.33. The number of nitrogens with one attached hydrogen (secondary N) is 1. The lowest BCUT2D eigenvalue weighted by molar-refractivity contribution is -0.117. The average Bonchev–Trinajstić information content (AvgIpc) is 2.40. The van der Waals surface area contributed by atoms with Crippen LogP contribution in [0.25, 0.3) is 0 Å². The van der Waals surface area contributed by atoms with Crippen molar-refractivity contribution in [1.29, 1.82) is 0 Å². The molecule has 0 aliphatic rings. The third kappa shape index (κ3) is 5.59. The summed E-state index contributed by atoms with van der Waals surface area (Å²) in [5.74, 6) is -0.0386. The Kier molecular flexibility index (Phi) is 7.04. The van der Waals surface area contributed by atoms with Gasteiger partial charge in [0, 0.05) is 18.0 Å². The van der Waals surface area contributed by atoms with Crippen LogP contribution in [0.15, 0.2) is 18.2 Å². The molecule has 0 fully saturated rings. The second-order valence-corrected chi connectivity index (χ2v) is 5.09. The number of hydrogen-bond acceptors (Lipinski definition) is 4. The molecule has 0 aromatic heterocycles. The van der Waals surface area contributed by atoms with E-state index in [2.05, 4.69) is 5.32 Å². The highest BCUT2D eigenvalue weighted by molar-refractivity contribution is 5.93. The van der Waals surface area contributed by atoms with Gasteiger partial charge >= 0.3 is 0 Å². The molecule has 0 unspecified atom stereocenters. The van der Waals surface area contributed by atoms with Crippen LogP contribution in [-0.2, 0) is 4.79 Å². The molecule has 0 radical (unpaired) electrons. The fourth-order valence-corrected chi connectivity index (χ4v) is 1.97. The maximum absolute atomic E-state index is 11.9. The predicted molar refractivity (Wildman–Crippen MR) is 82.7 cm³/mol. The molecule has 1 rings (SSSR count). The number of likely N-dealkylation sites (N-methyl/N-ethyl adjacent to an activating group) is 1. The van der Waals surface area contributed by atoms with Gasteiger partial charge in [-0.15, -0.1) is 0 Å². The summed E-state index contributed by atoms with van der Waals surface area (Å²) in [5.41, 5.74) is 8.15. The molecule has 20 heavy (non-hydrogen) atoms. The van der Waals surface area contributed by atoms with Crippen molar-refractivity contribution in [2.45, 2.75) is 26.2 Å². The number of amides is 1. The van der Waals surface area contributed by atoms with Crippen LogP contribution in [0.1, 0.15) is 24.8 Å². The van der Waals surface area contributed by atoms with Gasteiger partial charge in [-0.25, -0.2) is 0 Å². The van der Waals surface area contributed by atoms with E-state index in [4.69, 9.17) is 10.8 Å². The van der Waals surface area contributed by atoms with Crippen molar-refractivity contribution in [2.24, 2.45) is 0 Å². The van der Waals surface area contributed by atoms with E-state index in [1.807, 2.05) is 37.1 Å². The van der Waals surface area contributed by atoms with E-state index in [0.717, 1.165) is 37.1 Å². The lowest BCUT2D eigenvalue weighted by Gasteiger charge is -2.17. The van der Waals surface area contributed by atoms with Crippen LogP contribution in [0.2, 0.25) is 0 Å². The first kappa shape index (κ1) is 16.5. The van der Waals surface area contributed by atoms with Gasteiger partial charge in [-0.1, -0.05) is 6.07 Å². The highest BCUT2D eigenvalue weighted by Crippen LogP contribution is 2.20. The number of hydrogen-bond donors (Lipinski definition) is 3. The second kappa shape index (κ2) is 8.55. The monoisotopic (exact) mass is 279 g/mol. The summed E-state index contributed by atoms with van der Waals surface area (Å²) in [5, 5.41) is 11.6. The summed E-state index contributed by atoms with van der Waals surface area (Å²) in [7, 11) is 1.92. The molecule has 5 nitrogen and oxygen atoms in total. The van der Waals surface area contributed by atoms with Crippen LogP contribution >= 0.6 is 0 Å². The number of carbonyl (C=O) groups excluding carboxylic acids is 1. The van der Waals surface area contributed by atoms with Crippen molar-refractivity contribution in [1.82, 2.24) is 4.90 Å². The molecule has 0 saturated heterocycles. The second-order valence-electron chi connectivity index (χ2n) is 5.09. The summed E-state index contributed by atoms with van der Waals surface area (Å²) in [6.07, 6.45) is 2.79. The number of nitrogen functional groups attached to an aromatic ring is 1. The van der Waals surface area contributed by atoms with Crippen LogP contribution in [0, 0.1) is 6.92 Å². The molecule has 5 heteroatoms. The van der Waals surface area contributed by atoms with E-state index in [1.165, 1.54) is 0 Å². The molecular weight excluding hydrogens is 254 g/mol. The number of rotatable bonds is 8. The summed E-state index contributed by atoms with van der Waals surface area (Å²) >= 11 is 0. The molecule has 0 aliphatic carbocycles. The molecule has 0 aliphatic heterocycles. The van der Waals surface area contributed by atoms with Crippen molar-refractivity contribution >= 4 is 17.3 Å². The third-order valence-corrected chi connectivity index (χ3v) is 3.26. The Morgan fingerprint density at radius 2 is 2.10 bits per heavy atom. The fraction of sp³-hybridized carbons (Fsp3) is 0.533. The zero-order valence-corrected chi connectivity index (χ0v) is 12.4. The number of nitrogens with zero attached hydrogens (tertiary/aromatic N) is 1. The first-order valence-corrected chi connectivity index (χ1v) is 6.99. The number of carbonyl (C=O) groups is 1. The van der Waals surface area contributed by atoms with Crippen molar-refractivity contribution in [3.05, 3.63) is 23.8 Å². The Hall–Kier alpha value is -1.59. The van der Waals surface area contributed by atoms with Gasteiger partial charge in [0.25, 0.3) is 0 Å².